The van der Waals surface area contributed by atoms with Gasteiger partial charge >= 0.3 is 0 Å². The Morgan fingerprint density at radius 3 is 2.48 bits per heavy atom. The molecule has 5 nitrogen and oxygen atoms in total. The van der Waals surface area contributed by atoms with Gasteiger partial charge in [-0.15, -0.1) is 11.3 Å². The average Bonchev–Trinajstić information content (AvgIpc) is 3.46. The first-order chi connectivity index (χ1) is 19.5. The largest absolute Gasteiger partial charge is 0.382 e. The zero-order valence-corrected chi connectivity index (χ0v) is 25.2. The molecule has 0 unspecified atom stereocenters. The van der Waals surface area contributed by atoms with E-state index in [9.17, 15) is 9.59 Å². The molecule has 0 N–H and O–H groups in total. The van der Waals surface area contributed by atoms with Gasteiger partial charge in [-0.25, -0.2) is 0 Å². The van der Waals surface area contributed by atoms with Gasteiger partial charge in [-0.2, -0.15) is 0 Å². The van der Waals surface area contributed by atoms with Gasteiger partial charge in [0, 0.05) is 36.7 Å². The lowest BCUT2D eigenvalue weighted by atomic mass is 9.92. The van der Waals surface area contributed by atoms with Gasteiger partial charge in [0.1, 0.15) is 6.54 Å². The van der Waals surface area contributed by atoms with E-state index in [1.807, 2.05) is 24.0 Å². The summed E-state index contributed by atoms with van der Waals surface area (Å²) >= 11 is 1.76. The molecule has 0 radical (unpaired) electrons. The van der Waals surface area contributed by atoms with E-state index < -0.39 is 0 Å². The van der Waals surface area contributed by atoms with E-state index in [0.717, 1.165) is 18.4 Å². The third-order valence-corrected chi connectivity index (χ3v) is 8.73. The SMILES string of the molecule is CCCCCCc1ccc(C(=O)N(CCCOCC)CC(=O)N2CCc3sccc3[C@H]2c2ccc(C)cc2)cc1. The van der Waals surface area contributed by atoms with Crippen LogP contribution in [0.2, 0.25) is 0 Å². The molecule has 2 aromatic carbocycles. The van der Waals surface area contributed by atoms with Crippen LogP contribution in [0.3, 0.4) is 0 Å². The van der Waals surface area contributed by atoms with Crippen molar-refractivity contribution in [2.24, 2.45) is 0 Å². The Morgan fingerprint density at radius 1 is 0.975 bits per heavy atom. The topological polar surface area (TPSA) is 49.9 Å². The van der Waals surface area contributed by atoms with Crippen LogP contribution in [0.4, 0.5) is 0 Å². The van der Waals surface area contributed by atoms with E-state index in [2.05, 4.69) is 61.7 Å². The molecule has 2 amide bonds. The molecule has 0 fully saturated rings. The summed E-state index contributed by atoms with van der Waals surface area (Å²) in [6.45, 7) is 8.67. The van der Waals surface area contributed by atoms with Crippen molar-refractivity contribution in [3.8, 4) is 0 Å². The van der Waals surface area contributed by atoms with Crippen molar-refractivity contribution in [1.29, 1.82) is 0 Å². The number of amides is 2. The first kappa shape index (κ1) is 30.0. The number of carbonyl (C=O) groups is 2. The van der Waals surface area contributed by atoms with E-state index >= 15 is 0 Å². The number of hydrogen-bond donors (Lipinski definition) is 0. The van der Waals surface area contributed by atoms with Crippen molar-refractivity contribution in [1.82, 2.24) is 9.80 Å². The maximum Gasteiger partial charge on any atom is 0.254 e. The van der Waals surface area contributed by atoms with Crippen LogP contribution in [0.15, 0.2) is 60.0 Å². The number of hydrogen-bond acceptors (Lipinski definition) is 4. The molecule has 0 aliphatic carbocycles. The van der Waals surface area contributed by atoms with E-state index in [4.69, 9.17) is 4.74 Å². The number of unbranched alkanes of at least 4 members (excludes halogenated alkanes) is 3. The second kappa shape index (κ2) is 15.2. The van der Waals surface area contributed by atoms with Gasteiger partial charge in [0.05, 0.1) is 6.04 Å². The predicted octanol–water partition coefficient (Wildman–Crippen LogP) is 7.22. The molecule has 1 aliphatic rings. The van der Waals surface area contributed by atoms with Gasteiger partial charge in [0.25, 0.3) is 5.91 Å². The minimum absolute atomic E-state index is 0.0141. The predicted molar refractivity (Wildman–Crippen MR) is 164 cm³/mol. The molecule has 4 rings (SSSR count). The Kier molecular flexibility index (Phi) is 11.4. The highest BCUT2D eigenvalue weighted by Gasteiger charge is 2.34. The summed E-state index contributed by atoms with van der Waals surface area (Å²) in [4.78, 5) is 32.7. The Balaban J connectivity index is 1.51. The average molecular weight is 561 g/mol. The van der Waals surface area contributed by atoms with Crippen LogP contribution in [0.25, 0.3) is 0 Å². The van der Waals surface area contributed by atoms with E-state index in [1.165, 1.54) is 47.3 Å². The van der Waals surface area contributed by atoms with Gasteiger partial charge < -0.3 is 14.5 Å². The number of ether oxygens (including phenoxy) is 1. The summed E-state index contributed by atoms with van der Waals surface area (Å²) < 4.78 is 5.54. The highest BCUT2D eigenvalue weighted by atomic mass is 32.1. The van der Waals surface area contributed by atoms with Crippen LogP contribution in [0.5, 0.6) is 0 Å². The van der Waals surface area contributed by atoms with Gasteiger partial charge in [-0.3, -0.25) is 9.59 Å². The number of thiophene rings is 1. The van der Waals surface area contributed by atoms with Crippen molar-refractivity contribution in [3.05, 3.63) is 92.7 Å². The second-order valence-corrected chi connectivity index (χ2v) is 11.7. The smallest absolute Gasteiger partial charge is 0.254 e. The molecule has 0 bridgehead atoms. The molecular formula is C34H44N2O3S. The zero-order valence-electron chi connectivity index (χ0n) is 24.4. The quantitative estimate of drug-likeness (QED) is 0.196. The summed E-state index contributed by atoms with van der Waals surface area (Å²) in [6, 6.07) is 18.5. The standard InChI is InChI=1S/C34H44N2O3S/c1-4-6-7-8-10-27-13-17-29(18-14-27)34(38)35(21-9-23-39-5-2)25-32(37)36-22-19-31-30(20-24-40-31)33(36)28-15-11-26(3)12-16-28/h11-18,20,24,33H,4-10,19,21-23,25H2,1-3H3/t33-/m1/s1. The minimum Gasteiger partial charge on any atom is -0.382 e. The first-order valence-electron chi connectivity index (χ1n) is 14.9. The summed E-state index contributed by atoms with van der Waals surface area (Å²) in [7, 11) is 0. The van der Waals surface area contributed by atoms with Crippen molar-refractivity contribution in [3.63, 3.8) is 0 Å². The fourth-order valence-corrected chi connectivity index (χ4v) is 6.36. The lowest BCUT2D eigenvalue weighted by Gasteiger charge is -2.37. The van der Waals surface area contributed by atoms with Gasteiger partial charge in [0.15, 0.2) is 0 Å². The van der Waals surface area contributed by atoms with E-state index in [1.54, 1.807) is 16.2 Å². The fraction of sp³-hybridized carbons (Fsp3) is 0.471. The second-order valence-electron chi connectivity index (χ2n) is 10.7. The molecular weight excluding hydrogens is 516 g/mol. The number of benzene rings is 2. The van der Waals surface area contributed by atoms with Gasteiger partial charge in [-0.05, 0) is 79.8 Å². The van der Waals surface area contributed by atoms with Gasteiger partial charge in [0.2, 0.25) is 5.91 Å². The lowest BCUT2D eigenvalue weighted by Crippen LogP contribution is -2.47. The molecule has 0 saturated carbocycles. The zero-order chi connectivity index (χ0) is 28.3. The van der Waals surface area contributed by atoms with Gasteiger partial charge in [-0.1, -0.05) is 68.1 Å². The highest BCUT2D eigenvalue weighted by molar-refractivity contribution is 7.10. The summed E-state index contributed by atoms with van der Waals surface area (Å²) in [5.41, 5.74) is 5.41. The van der Waals surface area contributed by atoms with Crippen LogP contribution >= 0.6 is 11.3 Å². The van der Waals surface area contributed by atoms with Crippen molar-refractivity contribution >= 4 is 23.2 Å². The minimum atomic E-state index is -0.129. The summed E-state index contributed by atoms with van der Waals surface area (Å²) in [6.07, 6.45) is 7.46. The van der Waals surface area contributed by atoms with E-state index in [-0.39, 0.29) is 24.4 Å². The van der Waals surface area contributed by atoms with E-state index in [0.29, 0.717) is 38.3 Å². The lowest BCUT2D eigenvalue weighted by molar-refractivity contribution is -0.134. The van der Waals surface area contributed by atoms with Crippen molar-refractivity contribution < 1.29 is 14.3 Å². The third-order valence-electron chi connectivity index (χ3n) is 7.73. The maximum absolute atomic E-state index is 13.9. The van der Waals surface area contributed by atoms with Crippen LogP contribution in [-0.4, -0.2) is 54.5 Å². The van der Waals surface area contributed by atoms with Crippen molar-refractivity contribution in [2.75, 3.05) is 32.8 Å². The summed E-state index contributed by atoms with van der Waals surface area (Å²) in [5, 5.41) is 2.12. The molecule has 3 aromatic rings. The Bertz CT molecular complexity index is 1220. The molecule has 6 heteroatoms. The maximum atomic E-state index is 13.9. The van der Waals surface area contributed by atoms with Crippen LogP contribution in [0, 0.1) is 6.92 Å². The molecule has 2 heterocycles. The molecule has 1 atom stereocenters. The monoisotopic (exact) mass is 560 g/mol. The number of carbonyl (C=O) groups excluding carboxylic acids is 2. The normalized spacial score (nSPS) is 14.7. The van der Waals surface area contributed by atoms with Crippen LogP contribution in [0.1, 0.15) is 89.5 Å². The molecule has 214 valence electrons. The number of aryl methyl sites for hydroxylation is 2. The van der Waals surface area contributed by atoms with Crippen molar-refractivity contribution in [2.45, 2.75) is 71.8 Å². The number of nitrogens with zero attached hydrogens (tertiary/aromatic N) is 2. The third kappa shape index (κ3) is 7.82. The highest BCUT2D eigenvalue weighted by Crippen LogP contribution is 2.38. The summed E-state index contributed by atoms with van der Waals surface area (Å²) in [5.74, 6) is -0.109. The number of rotatable bonds is 14. The number of fused-ring (bicyclic) bond motifs is 1. The Labute approximate surface area is 244 Å². The van der Waals surface area contributed by atoms with Crippen LogP contribution < -0.4 is 0 Å². The first-order valence-corrected chi connectivity index (χ1v) is 15.8. The molecule has 0 saturated heterocycles. The molecule has 1 aromatic heterocycles. The molecule has 1 aliphatic heterocycles. The molecule has 40 heavy (non-hydrogen) atoms. The Hall–Kier alpha value is -2.96. The molecule has 0 spiro atoms. The fourth-order valence-electron chi connectivity index (χ4n) is 5.45. The van der Waals surface area contributed by atoms with Crippen LogP contribution in [-0.2, 0) is 22.4 Å². The Morgan fingerprint density at radius 2 is 1.75 bits per heavy atom.